The summed E-state index contributed by atoms with van der Waals surface area (Å²) in [6.45, 7) is 0.127. The summed E-state index contributed by atoms with van der Waals surface area (Å²) in [7, 11) is 1.26. The van der Waals surface area contributed by atoms with Crippen molar-refractivity contribution in [2.24, 2.45) is 0 Å². The van der Waals surface area contributed by atoms with Crippen LogP contribution in [0.1, 0.15) is 32.6 Å². The third kappa shape index (κ3) is 10.4. The van der Waals surface area contributed by atoms with E-state index in [4.69, 9.17) is 23.7 Å². The Kier molecular flexibility index (Phi) is 12.8. The summed E-state index contributed by atoms with van der Waals surface area (Å²) in [4.78, 5) is 39.9. The number of rotatable bonds is 15. The van der Waals surface area contributed by atoms with E-state index in [-0.39, 0.29) is 43.1 Å². The van der Waals surface area contributed by atoms with Crippen LogP contribution >= 0.6 is 22.6 Å². The number of benzene rings is 5. The van der Waals surface area contributed by atoms with Crippen LogP contribution in [-0.2, 0) is 49.9 Å². The fraction of sp³-hybridized carbons (Fsp3) is 0.175. The second-order valence-electron chi connectivity index (χ2n) is 11.1. The van der Waals surface area contributed by atoms with Gasteiger partial charge in [-0.1, -0.05) is 121 Å². The van der Waals surface area contributed by atoms with Gasteiger partial charge in [-0.15, -0.1) is 0 Å². The number of methoxy groups -OCH3 is 1. The number of carbonyl (C=O) groups excluding carboxylic acids is 3. The van der Waals surface area contributed by atoms with Crippen LogP contribution < -0.4 is 9.47 Å². The van der Waals surface area contributed by atoms with Gasteiger partial charge in [0.1, 0.15) is 24.7 Å². The van der Waals surface area contributed by atoms with Gasteiger partial charge in [0.05, 0.1) is 16.2 Å². The van der Waals surface area contributed by atoms with Crippen LogP contribution in [0.2, 0.25) is 0 Å². The van der Waals surface area contributed by atoms with Crippen molar-refractivity contribution in [3.05, 3.63) is 165 Å². The smallest absolute Gasteiger partial charge is 0.348 e. The molecule has 0 aliphatic heterocycles. The zero-order valence-electron chi connectivity index (χ0n) is 26.8. The maximum absolute atomic E-state index is 13.5. The lowest BCUT2D eigenvalue weighted by atomic mass is 10.1. The molecule has 2 atom stereocenters. The van der Waals surface area contributed by atoms with Gasteiger partial charge in [-0.2, -0.15) is 0 Å². The molecule has 0 aromatic heterocycles. The van der Waals surface area contributed by atoms with Crippen molar-refractivity contribution >= 4 is 40.5 Å². The predicted molar refractivity (Wildman–Crippen MR) is 192 cm³/mol. The first kappa shape index (κ1) is 35.2. The van der Waals surface area contributed by atoms with Gasteiger partial charge in [0.15, 0.2) is 12.2 Å². The molecule has 8 nitrogen and oxygen atoms in total. The summed E-state index contributed by atoms with van der Waals surface area (Å²) in [6, 6.07) is 40.5. The van der Waals surface area contributed by atoms with Crippen molar-refractivity contribution in [2.75, 3.05) is 7.11 Å². The van der Waals surface area contributed by atoms with E-state index in [0.29, 0.717) is 3.57 Å². The molecule has 0 heterocycles. The van der Waals surface area contributed by atoms with E-state index in [1.54, 1.807) is 0 Å². The maximum atomic E-state index is 13.5. The van der Waals surface area contributed by atoms with E-state index in [2.05, 4.69) is 0 Å². The van der Waals surface area contributed by atoms with Gasteiger partial charge in [-0.3, -0.25) is 0 Å². The molecule has 0 amide bonds. The molecule has 0 aliphatic rings. The molecule has 0 bridgehead atoms. The first-order chi connectivity index (χ1) is 23.9. The van der Waals surface area contributed by atoms with Crippen LogP contribution in [0, 0.1) is 3.57 Å². The molecule has 9 heteroatoms. The van der Waals surface area contributed by atoms with E-state index in [9.17, 15) is 14.4 Å². The van der Waals surface area contributed by atoms with Gasteiger partial charge in [0.2, 0.25) is 0 Å². The van der Waals surface area contributed by atoms with Gasteiger partial charge in [-0.05, 0) is 57.0 Å². The van der Waals surface area contributed by atoms with Gasteiger partial charge in [0.25, 0.3) is 0 Å². The third-order valence-corrected chi connectivity index (χ3v) is 8.53. The lowest BCUT2D eigenvalue weighted by Crippen LogP contribution is -2.33. The van der Waals surface area contributed by atoms with Crippen LogP contribution in [-0.4, -0.2) is 37.2 Å². The van der Waals surface area contributed by atoms with Crippen LogP contribution in [0.25, 0.3) is 0 Å². The van der Waals surface area contributed by atoms with Crippen molar-refractivity contribution in [2.45, 2.75) is 38.3 Å². The SMILES string of the molecule is COC(=O)c1cc(O[C@H](Cc2ccccc2)C(=O)OCc2ccccc2)c(I)c(O[C@H](Cc2ccccc2)C(=O)OCc2ccccc2)c1. The highest BCUT2D eigenvalue weighted by Gasteiger charge is 2.29. The van der Waals surface area contributed by atoms with Crippen molar-refractivity contribution in [3.8, 4) is 11.5 Å². The molecule has 0 unspecified atom stereocenters. The number of carbonyl (C=O) groups is 3. The van der Waals surface area contributed by atoms with Gasteiger partial charge in [-0.25, -0.2) is 14.4 Å². The van der Waals surface area contributed by atoms with Crippen molar-refractivity contribution in [3.63, 3.8) is 0 Å². The van der Waals surface area contributed by atoms with Crippen LogP contribution in [0.4, 0.5) is 0 Å². The molecular formula is C40H35IO8. The molecular weight excluding hydrogens is 735 g/mol. The minimum absolute atomic E-state index is 0.0637. The Balaban J connectivity index is 1.45. The minimum Gasteiger partial charge on any atom is -0.477 e. The normalized spacial score (nSPS) is 11.9. The molecule has 0 saturated heterocycles. The molecule has 0 spiro atoms. The Labute approximate surface area is 299 Å². The average Bonchev–Trinajstić information content (AvgIpc) is 3.15. The quantitative estimate of drug-likeness (QED) is 0.0613. The molecule has 0 aliphatic carbocycles. The van der Waals surface area contributed by atoms with Gasteiger partial charge >= 0.3 is 17.9 Å². The predicted octanol–water partition coefficient (Wildman–Crippen LogP) is 7.54. The summed E-state index contributed by atoms with van der Waals surface area (Å²) in [5.41, 5.74) is 3.47. The Bertz CT molecular complexity index is 1690. The molecule has 0 fully saturated rings. The Hall–Kier alpha value is -5.16. The van der Waals surface area contributed by atoms with Crippen molar-refractivity contribution in [1.82, 2.24) is 0 Å². The number of halogens is 1. The zero-order chi connectivity index (χ0) is 34.4. The standard InChI is InChI=1S/C40H35IO8/c1-45-38(42)32-24-33(48-35(22-28-14-6-2-7-15-28)39(43)46-26-30-18-10-4-11-19-30)37(41)34(25-32)49-36(23-29-16-8-3-9-17-29)40(44)47-27-31-20-12-5-13-21-31/h2-21,24-25,35-36H,22-23,26-27H2,1H3/t35-,36-/m1/s1. The van der Waals surface area contributed by atoms with Crippen molar-refractivity contribution in [1.29, 1.82) is 0 Å². The lowest BCUT2D eigenvalue weighted by molar-refractivity contribution is -0.153. The number of hydrogen-bond donors (Lipinski definition) is 0. The lowest BCUT2D eigenvalue weighted by Gasteiger charge is -2.23. The topological polar surface area (TPSA) is 97.4 Å². The molecule has 250 valence electrons. The molecule has 0 radical (unpaired) electrons. The van der Waals surface area contributed by atoms with E-state index < -0.39 is 30.1 Å². The average molecular weight is 771 g/mol. The Morgan fingerprint density at radius 3 is 1.24 bits per heavy atom. The third-order valence-electron chi connectivity index (χ3n) is 7.47. The van der Waals surface area contributed by atoms with Crippen molar-refractivity contribution < 1.29 is 38.1 Å². The van der Waals surface area contributed by atoms with Crippen LogP contribution in [0.3, 0.4) is 0 Å². The van der Waals surface area contributed by atoms with E-state index in [1.807, 2.05) is 144 Å². The zero-order valence-corrected chi connectivity index (χ0v) is 29.0. The summed E-state index contributed by atoms with van der Waals surface area (Å²) in [5.74, 6) is -1.44. The van der Waals surface area contributed by atoms with Crippen LogP contribution in [0.15, 0.2) is 133 Å². The number of esters is 3. The fourth-order valence-corrected chi connectivity index (χ4v) is 5.50. The maximum Gasteiger partial charge on any atom is 0.348 e. The molecule has 0 saturated carbocycles. The highest BCUT2D eigenvalue weighted by molar-refractivity contribution is 14.1. The molecule has 5 rings (SSSR count). The van der Waals surface area contributed by atoms with Gasteiger partial charge < -0.3 is 23.7 Å². The molecule has 5 aromatic carbocycles. The second kappa shape index (κ2) is 17.8. The monoisotopic (exact) mass is 770 g/mol. The number of ether oxygens (including phenoxy) is 5. The van der Waals surface area contributed by atoms with Crippen LogP contribution in [0.5, 0.6) is 11.5 Å². The summed E-state index contributed by atoms with van der Waals surface area (Å²) in [5, 5.41) is 0. The molecule has 49 heavy (non-hydrogen) atoms. The molecule has 0 N–H and O–H groups in total. The van der Waals surface area contributed by atoms with Gasteiger partial charge in [0, 0.05) is 12.8 Å². The first-order valence-electron chi connectivity index (χ1n) is 15.6. The summed E-state index contributed by atoms with van der Waals surface area (Å²) in [6.07, 6.45) is -1.75. The highest BCUT2D eigenvalue weighted by Crippen LogP contribution is 2.35. The fourth-order valence-electron chi connectivity index (χ4n) is 4.93. The second-order valence-corrected chi connectivity index (χ2v) is 12.1. The Morgan fingerprint density at radius 1 is 0.551 bits per heavy atom. The summed E-state index contributed by atoms with van der Waals surface area (Å²) >= 11 is 2.02. The highest BCUT2D eigenvalue weighted by atomic mass is 127. The first-order valence-corrected chi connectivity index (χ1v) is 16.7. The van der Waals surface area contributed by atoms with E-state index >= 15 is 0 Å². The Morgan fingerprint density at radius 2 is 0.898 bits per heavy atom. The van der Waals surface area contributed by atoms with E-state index in [0.717, 1.165) is 22.3 Å². The largest absolute Gasteiger partial charge is 0.477 e. The minimum atomic E-state index is -1.07. The van der Waals surface area contributed by atoms with E-state index in [1.165, 1.54) is 19.2 Å². The summed E-state index contributed by atoms with van der Waals surface area (Å²) < 4.78 is 29.5. The number of hydrogen-bond acceptors (Lipinski definition) is 8. The molecule has 5 aromatic rings.